The minimum absolute atomic E-state index is 0.229. The average molecular weight is 153 g/mol. The largest absolute Gasteiger partial charge is 0.506 e. The van der Waals surface area contributed by atoms with Gasteiger partial charge >= 0.3 is 0 Å². The summed E-state index contributed by atoms with van der Waals surface area (Å²) in [4.78, 5) is 3.95. The van der Waals surface area contributed by atoms with Crippen molar-refractivity contribution in [1.29, 1.82) is 0 Å². The van der Waals surface area contributed by atoms with E-state index in [9.17, 15) is 0 Å². The highest BCUT2D eigenvalue weighted by Crippen LogP contribution is 2.05. The highest BCUT2D eigenvalue weighted by atomic mass is 16.3. The van der Waals surface area contributed by atoms with E-state index in [0.29, 0.717) is 0 Å². The molecule has 0 saturated heterocycles. The van der Waals surface area contributed by atoms with E-state index >= 15 is 0 Å². The minimum Gasteiger partial charge on any atom is -0.506 e. The maximum atomic E-state index is 8.79. The number of nitrogens with zero attached hydrogens (tertiary/aromatic N) is 1. The summed E-state index contributed by atoms with van der Waals surface area (Å²) in [6, 6.07) is 3.46. The molecule has 2 nitrogen and oxygen atoms in total. The number of aromatic nitrogens is 1. The molecule has 2 heteroatoms. The van der Waals surface area contributed by atoms with E-state index in [1.807, 2.05) is 26.8 Å². The molecule has 0 atom stereocenters. The van der Waals surface area contributed by atoms with Crippen LogP contribution >= 0.6 is 0 Å². The fourth-order valence-electron chi connectivity index (χ4n) is 0.626. The number of aromatic hydroxyl groups is 1. The van der Waals surface area contributed by atoms with Gasteiger partial charge in [0.1, 0.15) is 5.75 Å². The fourth-order valence-corrected chi connectivity index (χ4v) is 0.626. The molecule has 0 radical (unpaired) electrons. The van der Waals surface area contributed by atoms with Gasteiger partial charge in [0.25, 0.3) is 0 Å². The molecule has 0 bridgehead atoms. The van der Waals surface area contributed by atoms with Gasteiger partial charge in [-0.1, -0.05) is 20.8 Å². The van der Waals surface area contributed by atoms with Crippen LogP contribution in [0.1, 0.15) is 26.5 Å². The molecule has 0 fully saturated rings. The Hall–Kier alpha value is -1.05. The van der Waals surface area contributed by atoms with E-state index in [4.69, 9.17) is 5.11 Å². The van der Waals surface area contributed by atoms with Crippen LogP contribution in [0.5, 0.6) is 5.75 Å². The third kappa shape index (κ3) is 3.61. The molecule has 0 aliphatic carbocycles. The summed E-state index contributed by atoms with van der Waals surface area (Å²) in [5.74, 6) is 0.229. The SMILES string of the molecule is CC.CCc1ccc(O)cn1. The predicted octanol–water partition coefficient (Wildman–Crippen LogP) is 2.38. The van der Waals surface area contributed by atoms with Crippen molar-refractivity contribution in [2.24, 2.45) is 0 Å². The lowest BCUT2D eigenvalue weighted by Gasteiger charge is -1.92. The smallest absolute Gasteiger partial charge is 0.133 e. The third-order valence-corrected chi connectivity index (χ3v) is 1.17. The van der Waals surface area contributed by atoms with Crippen LogP contribution in [0.15, 0.2) is 18.3 Å². The Bertz CT molecular complexity index is 181. The predicted molar refractivity (Wildman–Crippen MR) is 46.6 cm³/mol. The lowest BCUT2D eigenvalue weighted by Crippen LogP contribution is -1.82. The normalized spacial score (nSPS) is 8.27. The molecule has 0 aliphatic rings. The van der Waals surface area contributed by atoms with Gasteiger partial charge in [-0.2, -0.15) is 0 Å². The fraction of sp³-hybridized carbons (Fsp3) is 0.444. The Balaban J connectivity index is 0.000000461. The van der Waals surface area contributed by atoms with Crippen molar-refractivity contribution >= 4 is 0 Å². The zero-order chi connectivity index (χ0) is 8.69. The molecule has 1 aromatic rings. The summed E-state index contributed by atoms with van der Waals surface area (Å²) in [5, 5.41) is 8.79. The molecule has 0 spiro atoms. The van der Waals surface area contributed by atoms with Crippen LogP contribution in [0.2, 0.25) is 0 Å². The van der Waals surface area contributed by atoms with Crippen molar-refractivity contribution in [2.45, 2.75) is 27.2 Å². The molecule has 62 valence electrons. The van der Waals surface area contributed by atoms with Gasteiger partial charge in [0.15, 0.2) is 0 Å². The molecule has 0 aliphatic heterocycles. The summed E-state index contributed by atoms with van der Waals surface area (Å²) in [6.07, 6.45) is 2.37. The molecule has 0 amide bonds. The van der Waals surface area contributed by atoms with Crippen LogP contribution in [0.3, 0.4) is 0 Å². The van der Waals surface area contributed by atoms with E-state index in [1.165, 1.54) is 6.20 Å². The Morgan fingerprint density at radius 2 is 2.00 bits per heavy atom. The van der Waals surface area contributed by atoms with Crippen molar-refractivity contribution in [1.82, 2.24) is 4.98 Å². The van der Waals surface area contributed by atoms with Gasteiger partial charge in [-0.05, 0) is 18.6 Å². The lowest BCUT2D eigenvalue weighted by atomic mass is 10.3. The number of rotatable bonds is 1. The quantitative estimate of drug-likeness (QED) is 0.672. The van der Waals surface area contributed by atoms with Crippen LogP contribution in [0.25, 0.3) is 0 Å². The first-order valence-electron chi connectivity index (χ1n) is 3.97. The van der Waals surface area contributed by atoms with Crippen LogP contribution in [0, 0.1) is 0 Å². The molecule has 0 aromatic carbocycles. The van der Waals surface area contributed by atoms with E-state index < -0.39 is 0 Å². The van der Waals surface area contributed by atoms with Gasteiger partial charge in [-0.25, -0.2) is 0 Å². The molecule has 0 unspecified atom stereocenters. The van der Waals surface area contributed by atoms with E-state index in [1.54, 1.807) is 6.07 Å². The van der Waals surface area contributed by atoms with Crippen molar-refractivity contribution in [3.05, 3.63) is 24.0 Å². The molecule has 1 rings (SSSR count). The topological polar surface area (TPSA) is 33.1 Å². The first kappa shape index (κ1) is 9.95. The zero-order valence-corrected chi connectivity index (χ0v) is 7.33. The second kappa shape index (κ2) is 5.71. The van der Waals surface area contributed by atoms with Crippen LogP contribution in [-0.4, -0.2) is 10.1 Å². The number of pyridine rings is 1. The lowest BCUT2D eigenvalue weighted by molar-refractivity contribution is 0.472. The highest BCUT2D eigenvalue weighted by Gasteiger charge is 1.88. The molecule has 1 N–H and O–H groups in total. The second-order valence-electron chi connectivity index (χ2n) is 1.86. The van der Waals surface area contributed by atoms with Crippen molar-refractivity contribution < 1.29 is 5.11 Å². The zero-order valence-electron chi connectivity index (χ0n) is 7.33. The van der Waals surface area contributed by atoms with Gasteiger partial charge < -0.3 is 5.11 Å². The van der Waals surface area contributed by atoms with E-state index in [2.05, 4.69) is 4.98 Å². The van der Waals surface area contributed by atoms with Crippen LogP contribution in [0.4, 0.5) is 0 Å². The molecule has 11 heavy (non-hydrogen) atoms. The monoisotopic (exact) mass is 153 g/mol. The van der Waals surface area contributed by atoms with E-state index in [-0.39, 0.29) is 5.75 Å². The first-order valence-corrected chi connectivity index (χ1v) is 3.97. The Kier molecular flexibility index (Phi) is 5.17. The Morgan fingerprint density at radius 1 is 1.36 bits per heavy atom. The van der Waals surface area contributed by atoms with Crippen molar-refractivity contribution in [3.8, 4) is 5.75 Å². The molecule has 1 heterocycles. The molecular formula is C9H15NO. The van der Waals surface area contributed by atoms with Gasteiger partial charge in [0.2, 0.25) is 0 Å². The standard InChI is InChI=1S/C7H9NO.C2H6/c1-2-6-3-4-7(9)5-8-6;1-2/h3-5,9H,2H2,1H3;1-2H3. The maximum Gasteiger partial charge on any atom is 0.133 e. The summed E-state index contributed by atoms with van der Waals surface area (Å²) in [7, 11) is 0. The van der Waals surface area contributed by atoms with Crippen LogP contribution in [-0.2, 0) is 6.42 Å². The van der Waals surface area contributed by atoms with Gasteiger partial charge in [0, 0.05) is 5.69 Å². The van der Waals surface area contributed by atoms with Gasteiger partial charge in [-0.15, -0.1) is 0 Å². The molecule has 0 saturated carbocycles. The number of aryl methyl sites for hydroxylation is 1. The summed E-state index contributed by atoms with van der Waals surface area (Å²) in [6.45, 7) is 6.03. The second-order valence-corrected chi connectivity index (χ2v) is 1.86. The van der Waals surface area contributed by atoms with Crippen molar-refractivity contribution in [2.75, 3.05) is 0 Å². The summed E-state index contributed by atoms with van der Waals surface area (Å²) < 4.78 is 0. The first-order chi connectivity index (χ1) is 5.33. The molecular weight excluding hydrogens is 138 g/mol. The van der Waals surface area contributed by atoms with Gasteiger partial charge in [-0.3, -0.25) is 4.98 Å². The Morgan fingerprint density at radius 3 is 2.36 bits per heavy atom. The third-order valence-electron chi connectivity index (χ3n) is 1.17. The number of hydrogen-bond donors (Lipinski definition) is 1. The number of hydrogen-bond acceptors (Lipinski definition) is 2. The molecule has 1 aromatic heterocycles. The Labute approximate surface area is 67.9 Å². The highest BCUT2D eigenvalue weighted by molar-refractivity contribution is 5.17. The van der Waals surface area contributed by atoms with Crippen molar-refractivity contribution in [3.63, 3.8) is 0 Å². The summed E-state index contributed by atoms with van der Waals surface area (Å²) in [5.41, 5.74) is 1.01. The summed E-state index contributed by atoms with van der Waals surface area (Å²) >= 11 is 0. The maximum absolute atomic E-state index is 8.79. The van der Waals surface area contributed by atoms with Crippen LogP contribution < -0.4 is 0 Å². The minimum atomic E-state index is 0.229. The van der Waals surface area contributed by atoms with E-state index in [0.717, 1.165) is 12.1 Å². The van der Waals surface area contributed by atoms with Gasteiger partial charge in [0.05, 0.1) is 6.20 Å². The average Bonchev–Trinajstić information content (AvgIpc) is 2.10.